The van der Waals surface area contributed by atoms with E-state index in [4.69, 9.17) is 11.6 Å². The third-order valence-electron chi connectivity index (χ3n) is 8.27. The number of amides is 1. The lowest BCUT2D eigenvalue weighted by Gasteiger charge is -2.25. The van der Waals surface area contributed by atoms with Crippen LogP contribution in [0.4, 0.5) is 0 Å². The molecule has 0 radical (unpaired) electrons. The van der Waals surface area contributed by atoms with Crippen molar-refractivity contribution in [3.63, 3.8) is 0 Å². The molecule has 0 spiro atoms. The van der Waals surface area contributed by atoms with Crippen LogP contribution in [0.2, 0.25) is 5.15 Å². The van der Waals surface area contributed by atoms with Crippen molar-refractivity contribution in [2.75, 3.05) is 32.7 Å². The molecule has 3 aromatic rings. The van der Waals surface area contributed by atoms with Gasteiger partial charge in [0.25, 0.3) is 10.0 Å². The molecule has 4 heterocycles. The number of carbonyl (C=O) groups excluding carboxylic acids is 1. The normalized spacial score (nSPS) is 24.1. The van der Waals surface area contributed by atoms with Gasteiger partial charge in [0.2, 0.25) is 5.91 Å². The van der Waals surface area contributed by atoms with Crippen LogP contribution < -0.4 is 5.32 Å². The van der Waals surface area contributed by atoms with Crippen LogP contribution in [0.1, 0.15) is 43.7 Å². The van der Waals surface area contributed by atoms with E-state index < -0.39 is 10.0 Å². The lowest BCUT2D eigenvalue weighted by Crippen LogP contribution is -2.37. The molecule has 3 fully saturated rings. The quantitative estimate of drug-likeness (QED) is 0.448. The third kappa shape index (κ3) is 4.94. The summed E-state index contributed by atoms with van der Waals surface area (Å²) in [7, 11) is -3.72. The van der Waals surface area contributed by atoms with Crippen LogP contribution >= 0.6 is 22.9 Å². The van der Waals surface area contributed by atoms with E-state index in [1.54, 1.807) is 14.9 Å². The molecule has 0 bridgehead atoms. The summed E-state index contributed by atoms with van der Waals surface area (Å²) in [4.78, 5) is 20.1. The van der Waals surface area contributed by atoms with Crippen LogP contribution in [-0.4, -0.2) is 65.6 Å². The monoisotopic (exact) mass is 561 g/mol. The highest BCUT2D eigenvalue weighted by Crippen LogP contribution is 2.37. The SMILES string of the molecule is O=C(N[C@@H](CCN1CC2CN(S(=O)(=O)c3c(Cl)nc4sccn34)CC2C1)c1ccccc1)C1CCCC1. The van der Waals surface area contributed by atoms with Crippen molar-refractivity contribution in [3.05, 3.63) is 52.6 Å². The number of sulfonamides is 1. The molecule has 11 heteroatoms. The molecule has 2 saturated heterocycles. The first-order valence-electron chi connectivity index (χ1n) is 13.1. The van der Waals surface area contributed by atoms with Crippen LogP contribution in [-0.2, 0) is 14.8 Å². The number of thiazole rings is 1. The summed E-state index contributed by atoms with van der Waals surface area (Å²) in [5.74, 6) is 0.916. The summed E-state index contributed by atoms with van der Waals surface area (Å²) in [6.45, 7) is 3.59. The maximum Gasteiger partial charge on any atom is 0.262 e. The zero-order valence-corrected chi connectivity index (χ0v) is 23.0. The molecule has 1 saturated carbocycles. The number of aromatic nitrogens is 2. The van der Waals surface area contributed by atoms with E-state index in [0.29, 0.717) is 29.9 Å². The minimum atomic E-state index is -3.72. The van der Waals surface area contributed by atoms with Crippen molar-refractivity contribution >= 4 is 43.8 Å². The molecular weight excluding hydrogens is 530 g/mol. The van der Waals surface area contributed by atoms with E-state index in [9.17, 15) is 13.2 Å². The highest BCUT2D eigenvalue weighted by atomic mass is 35.5. The van der Waals surface area contributed by atoms with Gasteiger partial charge in [0.1, 0.15) is 0 Å². The highest BCUT2D eigenvalue weighted by Gasteiger charge is 2.45. The van der Waals surface area contributed by atoms with Gasteiger partial charge in [0.05, 0.1) is 6.04 Å². The fraction of sp³-hybridized carbons (Fsp3) is 0.538. The minimum absolute atomic E-state index is 0.0105. The number of benzene rings is 1. The Morgan fingerprint density at radius 3 is 2.51 bits per heavy atom. The first kappa shape index (κ1) is 25.3. The van der Waals surface area contributed by atoms with Crippen molar-refractivity contribution in [1.82, 2.24) is 23.9 Å². The van der Waals surface area contributed by atoms with Gasteiger partial charge >= 0.3 is 0 Å². The van der Waals surface area contributed by atoms with Crippen molar-refractivity contribution in [3.8, 4) is 0 Å². The molecule has 1 N–H and O–H groups in total. The van der Waals surface area contributed by atoms with Gasteiger partial charge in [-0.2, -0.15) is 4.31 Å². The average Bonchev–Trinajstić information content (AvgIpc) is 3.68. The molecule has 8 nitrogen and oxygen atoms in total. The molecule has 2 aliphatic heterocycles. The lowest BCUT2D eigenvalue weighted by atomic mass is 10.0. The Morgan fingerprint density at radius 1 is 1.11 bits per heavy atom. The molecule has 2 unspecified atom stereocenters. The maximum atomic E-state index is 13.5. The molecular formula is C26H32ClN5O3S2. The van der Waals surface area contributed by atoms with Crippen LogP contribution in [0.15, 0.2) is 46.9 Å². The Bertz CT molecular complexity index is 1360. The van der Waals surface area contributed by atoms with Crippen LogP contribution in [0.5, 0.6) is 0 Å². The van der Waals surface area contributed by atoms with Gasteiger partial charge in [-0.05, 0) is 36.7 Å². The van der Waals surface area contributed by atoms with Crippen LogP contribution in [0, 0.1) is 17.8 Å². The van der Waals surface area contributed by atoms with E-state index in [0.717, 1.165) is 57.3 Å². The summed E-state index contributed by atoms with van der Waals surface area (Å²) < 4.78 is 30.1. The fourth-order valence-electron chi connectivity index (χ4n) is 6.31. The lowest BCUT2D eigenvalue weighted by molar-refractivity contribution is -0.125. The Kier molecular flexibility index (Phi) is 7.04. The summed E-state index contributed by atoms with van der Waals surface area (Å²) in [6.07, 6.45) is 6.81. The number of fused-ring (bicyclic) bond motifs is 2. The third-order valence-corrected chi connectivity index (χ3v) is 11.3. The van der Waals surface area contributed by atoms with Gasteiger partial charge in [0.15, 0.2) is 15.1 Å². The highest BCUT2D eigenvalue weighted by molar-refractivity contribution is 7.89. The van der Waals surface area contributed by atoms with Gasteiger partial charge in [-0.1, -0.05) is 54.8 Å². The zero-order chi connectivity index (χ0) is 25.6. The number of halogens is 1. The molecule has 2 aromatic heterocycles. The Morgan fingerprint density at radius 2 is 1.81 bits per heavy atom. The van der Waals surface area contributed by atoms with Gasteiger partial charge in [-0.25, -0.2) is 13.4 Å². The molecule has 198 valence electrons. The number of likely N-dealkylation sites (tertiary alicyclic amines) is 1. The fourth-order valence-corrected chi connectivity index (χ4v) is 9.27. The maximum absolute atomic E-state index is 13.5. The smallest absolute Gasteiger partial charge is 0.262 e. The summed E-state index contributed by atoms with van der Waals surface area (Å²) in [5.41, 5.74) is 1.14. The number of imidazole rings is 1. The summed E-state index contributed by atoms with van der Waals surface area (Å²) in [6, 6.07) is 10.2. The van der Waals surface area contributed by atoms with E-state index in [2.05, 4.69) is 27.3 Å². The Labute approximate surface area is 226 Å². The first-order valence-corrected chi connectivity index (χ1v) is 15.8. The summed E-state index contributed by atoms with van der Waals surface area (Å²) >= 11 is 7.61. The van der Waals surface area contributed by atoms with Crippen molar-refractivity contribution in [2.45, 2.75) is 43.2 Å². The molecule has 37 heavy (non-hydrogen) atoms. The number of rotatable bonds is 8. The van der Waals surface area contributed by atoms with Gasteiger partial charge in [-0.3, -0.25) is 9.20 Å². The van der Waals surface area contributed by atoms with E-state index in [1.807, 2.05) is 23.6 Å². The van der Waals surface area contributed by atoms with Crippen molar-refractivity contribution in [1.29, 1.82) is 0 Å². The number of nitrogens with zero attached hydrogens (tertiary/aromatic N) is 4. The van der Waals surface area contributed by atoms with E-state index in [-0.39, 0.29) is 28.0 Å². The van der Waals surface area contributed by atoms with Gasteiger partial charge in [0, 0.05) is 50.2 Å². The predicted molar refractivity (Wildman–Crippen MR) is 144 cm³/mol. The molecule has 6 rings (SSSR count). The molecule has 3 atom stereocenters. The largest absolute Gasteiger partial charge is 0.349 e. The second-order valence-corrected chi connectivity index (χ2v) is 13.7. The van der Waals surface area contributed by atoms with Crippen LogP contribution in [0.3, 0.4) is 0 Å². The number of carbonyl (C=O) groups is 1. The Hall–Kier alpha value is -1.98. The first-order chi connectivity index (χ1) is 17.9. The molecule has 1 amide bonds. The topological polar surface area (TPSA) is 87.0 Å². The number of hydrogen-bond acceptors (Lipinski definition) is 6. The number of nitrogens with one attached hydrogen (secondary N) is 1. The van der Waals surface area contributed by atoms with Crippen LogP contribution in [0.25, 0.3) is 4.96 Å². The molecule has 1 aromatic carbocycles. The van der Waals surface area contributed by atoms with Crippen molar-refractivity contribution < 1.29 is 13.2 Å². The van der Waals surface area contributed by atoms with Gasteiger partial charge in [-0.15, -0.1) is 11.3 Å². The molecule has 1 aliphatic carbocycles. The number of hydrogen-bond donors (Lipinski definition) is 1. The predicted octanol–water partition coefficient (Wildman–Crippen LogP) is 4.04. The second-order valence-electron chi connectivity index (χ2n) is 10.6. The minimum Gasteiger partial charge on any atom is -0.349 e. The van der Waals surface area contributed by atoms with Gasteiger partial charge < -0.3 is 10.2 Å². The molecule has 3 aliphatic rings. The zero-order valence-electron chi connectivity index (χ0n) is 20.6. The Balaban J connectivity index is 1.08. The van der Waals surface area contributed by atoms with Crippen molar-refractivity contribution in [2.24, 2.45) is 17.8 Å². The standard InChI is InChI=1S/C26H32ClN5O3S2/c27-23-25(32-12-13-36-26(32)29-23)37(34,35)31-16-20-14-30(15-21(20)17-31)11-10-22(18-6-2-1-3-7-18)28-24(33)19-8-4-5-9-19/h1-3,6-7,12-13,19-22H,4-5,8-11,14-17H2,(H,28,33)/t20?,21?,22-/m0/s1. The summed E-state index contributed by atoms with van der Waals surface area (Å²) in [5, 5.41) is 5.26. The van der Waals surface area contributed by atoms with E-state index in [1.165, 1.54) is 11.3 Å². The second kappa shape index (κ2) is 10.3. The van der Waals surface area contributed by atoms with E-state index >= 15 is 0 Å². The average molecular weight is 562 g/mol.